The number of morpholine rings is 1. The molecule has 3 fully saturated rings. The highest BCUT2D eigenvalue weighted by Gasteiger charge is 2.59. The van der Waals surface area contributed by atoms with Crippen LogP contribution < -0.4 is 0 Å². The van der Waals surface area contributed by atoms with Gasteiger partial charge in [-0.1, -0.05) is 0 Å². The minimum atomic E-state index is -1.79. The quantitative estimate of drug-likeness (QED) is 0.412. The molecule has 8 heteroatoms. The Kier molecular flexibility index (Phi) is 4.72. The molecule has 4 aliphatic rings. The molecule has 2 aliphatic heterocycles. The molecular formula is C18H22ClF2NO4. The summed E-state index contributed by atoms with van der Waals surface area (Å²) in [6, 6.07) is -0.689. The Hall–Kier alpha value is -1.21. The molecule has 144 valence electrons. The number of alkyl halides is 3. The molecule has 4 rings (SSSR count). The number of rotatable bonds is 2. The van der Waals surface area contributed by atoms with E-state index in [-0.39, 0.29) is 36.1 Å². The van der Waals surface area contributed by atoms with Crippen LogP contribution in [0, 0.1) is 5.92 Å². The van der Waals surface area contributed by atoms with Crippen LogP contribution in [0.4, 0.5) is 8.78 Å². The Morgan fingerprint density at radius 3 is 2.88 bits per heavy atom. The Labute approximate surface area is 155 Å². The van der Waals surface area contributed by atoms with E-state index in [1.807, 2.05) is 4.90 Å². The van der Waals surface area contributed by atoms with Gasteiger partial charge in [-0.2, -0.15) is 0 Å². The first-order valence-corrected chi connectivity index (χ1v) is 9.64. The lowest BCUT2D eigenvalue weighted by molar-refractivity contribution is -0.209. The van der Waals surface area contributed by atoms with Gasteiger partial charge in [-0.15, -0.1) is 11.6 Å². The van der Waals surface area contributed by atoms with Crippen molar-refractivity contribution in [1.82, 2.24) is 4.90 Å². The number of carbonyl (C=O) groups is 2. The highest BCUT2D eigenvalue weighted by molar-refractivity contribution is 6.20. The van der Waals surface area contributed by atoms with Gasteiger partial charge in [0.1, 0.15) is 17.8 Å². The van der Waals surface area contributed by atoms with E-state index in [0.29, 0.717) is 12.8 Å². The number of halogens is 3. The fourth-order valence-electron chi connectivity index (χ4n) is 4.86. The molecule has 2 aliphatic carbocycles. The summed E-state index contributed by atoms with van der Waals surface area (Å²) in [4.78, 5) is 26.9. The van der Waals surface area contributed by atoms with E-state index in [1.165, 1.54) is 6.20 Å². The molecule has 5 nitrogen and oxygen atoms in total. The number of hydrogen-bond acceptors (Lipinski definition) is 5. The van der Waals surface area contributed by atoms with Crippen molar-refractivity contribution in [2.45, 2.75) is 74.6 Å². The number of ketones is 1. The normalized spacial score (nSPS) is 44.7. The van der Waals surface area contributed by atoms with Crippen LogP contribution in [0.5, 0.6) is 0 Å². The molecule has 2 heterocycles. The molecule has 0 amide bonds. The fraction of sp³-hybridized carbons (Fsp3) is 0.778. The average Bonchev–Trinajstić information content (AvgIpc) is 2.61. The Bertz CT molecular complexity index is 645. The van der Waals surface area contributed by atoms with Crippen molar-refractivity contribution in [3.05, 3.63) is 11.8 Å². The zero-order valence-electron chi connectivity index (χ0n) is 14.4. The number of fused-ring (bicyclic) bond motifs is 2. The van der Waals surface area contributed by atoms with E-state index in [1.54, 1.807) is 6.92 Å². The molecule has 8 atom stereocenters. The number of hydrogen-bond donors (Lipinski definition) is 0. The standard InChI is InChI=1S/C18H22ClF2NO4/c1-2-25-18(24)10-7-22-12-4-3-8(19)5-13(12)26-17-14(21)11(20)6-9(15(17)22)16(10)23/h7-9,11-15,17H,2-6H2,1H3. The Balaban J connectivity index is 1.75. The summed E-state index contributed by atoms with van der Waals surface area (Å²) >= 11 is 6.24. The molecule has 0 spiro atoms. The van der Waals surface area contributed by atoms with Crippen molar-refractivity contribution in [3.8, 4) is 0 Å². The number of nitrogens with zero attached hydrogens (tertiary/aromatic N) is 1. The number of carbonyl (C=O) groups excluding carboxylic acids is 2. The second-order valence-electron chi connectivity index (χ2n) is 7.48. The summed E-state index contributed by atoms with van der Waals surface area (Å²) in [6.45, 7) is 1.80. The van der Waals surface area contributed by atoms with E-state index in [4.69, 9.17) is 21.1 Å². The first kappa shape index (κ1) is 18.2. The Morgan fingerprint density at radius 2 is 2.15 bits per heavy atom. The van der Waals surface area contributed by atoms with Gasteiger partial charge in [-0.3, -0.25) is 4.79 Å². The van der Waals surface area contributed by atoms with Gasteiger partial charge in [0.05, 0.1) is 24.8 Å². The van der Waals surface area contributed by atoms with Gasteiger partial charge in [0, 0.05) is 17.5 Å². The second-order valence-corrected chi connectivity index (χ2v) is 8.10. The molecule has 2 saturated carbocycles. The summed E-state index contributed by atoms with van der Waals surface area (Å²) in [7, 11) is 0. The van der Waals surface area contributed by atoms with E-state index >= 15 is 0 Å². The number of ether oxygens (including phenoxy) is 2. The third-order valence-electron chi connectivity index (χ3n) is 6.02. The molecule has 8 unspecified atom stereocenters. The maximum Gasteiger partial charge on any atom is 0.343 e. The first-order valence-electron chi connectivity index (χ1n) is 9.20. The SMILES string of the molecule is CCOC(=O)C1=CN2C3CCC(Cl)CC3OC3C(F)C(F)CC(C1=O)C32. The molecule has 1 saturated heterocycles. The molecule has 26 heavy (non-hydrogen) atoms. The van der Waals surface area contributed by atoms with E-state index in [9.17, 15) is 18.4 Å². The molecule has 0 aromatic rings. The van der Waals surface area contributed by atoms with Gasteiger partial charge in [0.25, 0.3) is 0 Å². The third kappa shape index (κ3) is 2.74. The highest BCUT2D eigenvalue weighted by Crippen LogP contribution is 2.46. The van der Waals surface area contributed by atoms with E-state index in [0.717, 1.165) is 6.42 Å². The van der Waals surface area contributed by atoms with Crippen LogP contribution >= 0.6 is 11.6 Å². The molecule has 0 radical (unpaired) electrons. The summed E-state index contributed by atoms with van der Waals surface area (Å²) in [5.41, 5.74) is -0.0787. The van der Waals surface area contributed by atoms with Gasteiger partial charge in [-0.25, -0.2) is 13.6 Å². The predicted molar refractivity (Wildman–Crippen MR) is 89.2 cm³/mol. The van der Waals surface area contributed by atoms with Crippen LogP contribution in [-0.2, 0) is 19.1 Å². The third-order valence-corrected chi connectivity index (χ3v) is 6.41. The summed E-state index contributed by atoms with van der Waals surface area (Å²) in [5, 5.41) is -0.0775. The zero-order valence-corrected chi connectivity index (χ0v) is 15.2. The van der Waals surface area contributed by atoms with Gasteiger partial charge >= 0.3 is 5.97 Å². The zero-order chi connectivity index (χ0) is 18.6. The lowest BCUT2D eigenvalue weighted by Gasteiger charge is -2.58. The van der Waals surface area contributed by atoms with Crippen LogP contribution in [-0.4, -0.2) is 65.3 Å². The average molecular weight is 390 g/mol. The summed E-state index contributed by atoms with van der Waals surface area (Å²) < 4.78 is 39.8. The van der Waals surface area contributed by atoms with E-state index < -0.39 is 42.2 Å². The number of esters is 1. The molecular weight excluding hydrogens is 368 g/mol. The maximum absolute atomic E-state index is 14.6. The highest BCUT2D eigenvalue weighted by atomic mass is 35.5. The van der Waals surface area contributed by atoms with Crippen molar-refractivity contribution < 1.29 is 27.8 Å². The van der Waals surface area contributed by atoms with Crippen LogP contribution in [0.1, 0.15) is 32.6 Å². The fourth-order valence-corrected chi connectivity index (χ4v) is 5.16. The minimum absolute atomic E-state index is 0.0775. The van der Waals surface area contributed by atoms with Crippen molar-refractivity contribution in [3.63, 3.8) is 0 Å². The first-order chi connectivity index (χ1) is 12.4. The van der Waals surface area contributed by atoms with E-state index in [2.05, 4.69) is 0 Å². The molecule has 0 bridgehead atoms. The topological polar surface area (TPSA) is 55.8 Å². The summed E-state index contributed by atoms with van der Waals surface area (Å²) in [6.07, 6.45) is -1.68. The van der Waals surface area contributed by atoms with Gasteiger partial charge in [0.2, 0.25) is 0 Å². The van der Waals surface area contributed by atoms with Crippen molar-refractivity contribution in [2.24, 2.45) is 5.92 Å². The largest absolute Gasteiger partial charge is 0.462 e. The lowest BCUT2D eigenvalue weighted by Crippen LogP contribution is -2.70. The number of Topliss-reactive ketones (excluding diaryl/α,β-unsaturated/α-hetero) is 1. The van der Waals surface area contributed by atoms with Crippen LogP contribution in [0.2, 0.25) is 0 Å². The second kappa shape index (κ2) is 6.75. The van der Waals surface area contributed by atoms with Crippen LogP contribution in [0.3, 0.4) is 0 Å². The van der Waals surface area contributed by atoms with Gasteiger partial charge in [0.15, 0.2) is 12.0 Å². The molecule has 0 aromatic heterocycles. The lowest BCUT2D eigenvalue weighted by atomic mass is 9.71. The Morgan fingerprint density at radius 1 is 1.38 bits per heavy atom. The van der Waals surface area contributed by atoms with Gasteiger partial charge < -0.3 is 14.4 Å². The van der Waals surface area contributed by atoms with Crippen molar-refractivity contribution in [1.29, 1.82) is 0 Å². The predicted octanol–water partition coefficient (Wildman–Crippen LogP) is 2.31. The van der Waals surface area contributed by atoms with Crippen molar-refractivity contribution in [2.75, 3.05) is 6.61 Å². The smallest absolute Gasteiger partial charge is 0.343 e. The molecule has 0 aromatic carbocycles. The molecule has 0 N–H and O–H groups in total. The minimum Gasteiger partial charge on any atom is -0.462 e. The summed E-state index contributed by atoms with van der Waals surface area (Å²) in [5.74, 6) is -1.99. The van der Waals surface area contributed by atoms with Crippen molar-refractivity contribution >= 4 is 23.4 Å². The van der Waals surface area contributed by atoms with Crippen LogP contribution in [0.25, 0.3) is 0 Å². The monoisotopic (exact) mass is 389 g/mol. The maximum atomic E-state index is 14.6. The van der Waals surface area contributed by atoms with Crippen LogP contribution in [0.15, 0.2) is 11.8 Å². The van der Waals surface area contributed by atoms with Gasteiger partial charge in [-0.05, 0) is 32.6 Å².